The second kappa shape index (κ2) is 13.8. The summed E-state index contributed by atoms with van der Waals surface area (Å²) in [6.07, 6.45) is 5.18. The van der Waals surface area contributed by atoms with E-state index in [0.717, 1.165) is 51.6 Å². The van der Waals surface area contributed by atoms with E-state index >= 15 is 0 Å². The molecule has 0 spiro atoms. The number of aromatic nitrogens is 2. The summed E-state index contributed by atoms with van der Waals surface area (Å²) in [5.74, 6) is -1.47. The van der Waals surface area contributed by atoms with Gasteiger partial charge in [-0.25, -0.2) is 19.4 Å². The van der Waals surface area contributed by atoms with Crippen LogP contribution in [0.2, 0.25) is 0 Å². The van der Waals surface area contributed by atoms with E-state index in [2.05, 4.69) is 9.97 Å². The number of carbonyl (C=O) groups excluding carboxylic acids is 4. The fourth-order valence-electron chi connectivity index (χ4n) is 6.63. The van der Waals surface area contributed by atoms with Gasteiger partial charge in [0.05, 0.1) is 22.5 Å². The second-order valence-electron chi connectivity index (χ2n) is 15.3. The lowest BCUT2D eigenvalue weighted by Gasteiger charge is -2.24. The third-order valence-electron chi connectivity index (χ3n) is 8.96. The summed E-state index contributed by atoms with van der Waals surface area (Å²) in [5.41, 5.74) is 2.96. The molecule has 0 radical (unpaired) electrons. The van der Waals surface area contributed by atoms with Crippen molar-refractivity contribution in [2.24, 2.45) is 0 Å². The van der Waals surface area contributed by atoms with E-state index in [1.54, 1.807) is 113 Å². The lowest BCUT2D eigenvalue weighted by Crippen LogP contribution is -2.40. The van der Waals surface area contributed by atoms with Crippen LogP contribution in [0.25, 0.3) is 52.9 Å². The maximum absolute atomic E-state index is 14.7. The smallest absolute Gasteiger partial charge is 0.422 e. The van der Waals surface area contributed by atoms with Gasteiger partial charge in [-0.3, -0.25) is 19.6 Å². The van der Waals surface area contributed by atoms with Crippen molar-refractivity contribution in [3.8, 4) is 41.8 Å². The summed E-state index contributed by atoms with van der Waals surface area (Å²) in [6.45, 7) is 10.3. The molecule has 0 atom stereocenters. The van der Waals surface area contributed by atoms with Crippen molar-refractivity contribution < 1.29 is 28.7 Å². The van der Waals surface area contributed by atoms with Crippen LogP contribution in [0.15, 0.2) is 110 Å². The van der Waals surface area contributed by atoms with E-state index < -0.39 is 35.2 Å². The summed E-state index contributed by atoms with van der Waals surface area (Å²) in [4.78, 5) is 71.2. The fourth-order valence-corrected chi connectivity index (χ4v) is 8.64. The van der Waals surface area contributed by atoms with Crippen molar-refractivity contribution in [3.05, 3.63) is 121 Å². The van der Waals surface area contributed by atoms with Crippen LogP contribution in [0, 0.1) is 0 Å². The summed E-state index contributed by atoms with van der Waals surface area (Å²) < 4.78 is 11.5. The maximum Gasteiger partial charge on any atom is 0.422 e. The number of carbonyl (C=O) groups is 4. The Morgan fingerprint density at radius 1 is 0.500 bits per heavy atom. The van der Waals surface area contributed by atoms with E-state index in [-0.39, 0.29) is 22.5 Å². The number of thiophene rings is 2. The van der Waals surface area contributed by atoms with Gasteiger partial charge in [-0.2, -0.15) is 0 Å². The van der Waals surface area contributed by atoms with Gasteiger partial charge in [0.25, 0.3) is 11.8 Å². The minimum Gasteiger partial charge on any atom is -0.443 e. The molecule has 4 amide bonds. The maximum atomic E-state index is 14.7. The Balaban J connectivity index is 1.28. The van der Waals surface area contributed by atoms with Gasteiger partial charge >= 0.3 is 12.2 Å². The first kappa shape index (κ1) is 36.7. The molecule has 2 aliphatic heterocycles. The number of benzene rings is 2. The summed E-state index contributed by atoms with van der Waals surface area (Å²) in [7, 11) is 0. The van der Waals surface area contributed by atoms with Gasteiger partial charge < -0.3 is 9.47 Å². The molecule has 0 saturated carbocycles. The highest BCUT2D eigenvalue weighted by atomic mass is 32.1. The van der Waals surface area contributed by atoms with E-state index in [1.165, 1.54) is 0 Å². The van der Waals surface area contributed by atoms with Crippen LogP contribution in [-0.4, -0.2) is 45.2 Å². The molecule has 6 heterocycles. The minimum atomic E-state index is -0.920. The molecule has 8 rings (SSSR count). The molecular formula is C44H36N4O6S2. The highest BCUT2D eigenvalue weighted by Gasteiger charge is 2.47. The highest BCUT2D eigenvalue weighted by Crippen LogP contribution is 2.50. The number of anilines is 2. The number of hydrogen-bond acceptors (Lipinski definition) is 10. The number of rotatable bonds is 4. The SMILES string of the molecule is CC(C)(C)OC(=O)N1C(=O)/C(=C2/C(=O)N(C(=O)OC(C)(C)C)c3cc(-c4ccc(-c5ccncc5)s4)ccc32)c2ccc(-c3ccc(-c4ccncc4)s3)cc21. The molecule has 0 bridgehead atoms. The van der Waals surface area contributed by atoms with Crippen LogP contribution in [0.5, 0.6) is 0 Å². The first-order valence-corrected chi connectivity index (χ1v) is 19.5. The molecule has 280 valence electrons. The van der Waals surface area contributed by atoms with Crippen LogP contribution in [-0.2, 0) is 19.1 Å². The zero-order chi connectivity index (χ0) is 39.5. The van der Waals surface area contributed by atoms with E-state index in [0.29, 0.717) is 11.1 Å². The molecule has 2 aromatic carbocycles. The van der Waals surface area contributed by atoms with Crippen molar-refractivity contribution in [2.75, 3.05) is 9.80 Å². The number of pyridine rings is 2. The lowest BCUT2D eigenvalue weighted by molar-refractivity contribution is -0.114. The number of imide groups is 2. The fraction of sp³-hybridized carbons (Fsp3) is 0.182. The van der Waals surface area contributed by atoms with Crippen LogP contribution in [0.1, 0.15) is 52.7 Å². The molecule has 4 aromatic heterocycles. The molecule has 6 aromatic rings. The summed E-state index contributed by atoms with van der Waals surface area (Å²) in [6, 6.07) is 26.4. The van der Waals surface area contributed by atoms with E-state index in [9.17, 15) is 19.2 Å². The van der Waals surface area contributed by atoms with Crippen LogP contribution < -0.4 is 9.80 Å². The predicted molar refractivity (Wildman–Crippen MR) is 220 cm³/mol. The predicted octanol–water partition coefficient (Wildman–Crippen LogP) is 10.7. The Morgan fingerprint density at radius 3 is 1.18 bits per heavy atom. The number of fused-ring (bicyclic) bond motifs is 2. The molecule has 2 aliphatic rings. The van der Waals surface area contributed by atoms with Gasteiger partial charge in [-0.05, 0) is 124 Å². The first-order chi connectivity index (χ1) is 26.7. The van der Waals surface area contributed by atoms with Crippen LogP contribution >= 0.6 is 22.7 Å². The van der Waals surface area contributed by atoms with Crippen LogP contribution in [0.3, 0.4) is 0 Å². The van der Waals surface area contributed by atoms with Crippen molar-refractivity contribution in [2.45, 2.75) is 52.7 Å². The van der Waals surface area contributed by atoms with Crippen molar-refractivity contribution >= 4 is 69.2 Å². The molecular weight excluding hydrogens is 745 g/mol. The van der Waals surface area contributed by atoms with Gasteiger partial charge in [0.2, 0.25) is 0 Å². The van der Waals surface area contributed by atoms with Crippen LogP contribution in [0.4, 0.5) is 21.0 Å². The standard InChI is InChI=1S/C44H36N4O6S2/c1-43(2,3)53-41(51)47-31-23-27(35-13-11-33(55-35)25-15-19-45-20-16-25)7-9-29(31)37(39(47)49)38-30-10-8-28(36-14-12-34(56-36)26-17-21-46-22-18-26)24-32(30)48(40(38)50)42(52)54-44(4,5)6/h7-24H,1-6H3/b38-37+. The third-order valence-corrected chi connectivity index (χ3v) is 11.3. The van der Waals surface area contributed by atoms with Gasteiger partial charge in [0.1, 0.15) is 11.2 Å². The average molecular weight is 781 g/mol. The number of nitrogens with zero attached hydrogens (tertiary/aromatic N) is 4. The normalized spacial score (nSPS) is 15.2. The molecule has 0 aliphatic carbocycles. The second-order valence-corrected chi connectivity index (χ2v) is 17.4. The third kappa shape index (κ3) is 6.82. The van der Waals surface area contributed by atoms with Crippen molar-refractivity contribution in [3.63, 3.8) is 0 Å². The van der Waals surface area contributed by atoms with Gasteiger partial charge in [-0.15, -0.1) is 22.7 Å². The average Bonchev–Trinajstić information content (AvgIpc) is 3.94. The molecule has 12 heteroatoms. The molecule has 0 fully saturated rings. The molecule has 0 unspecified atom stereocenters. The largest absolute Gasteiger partial charge is 0.443 e. The van der Waals surface area contributed by atoms with Gasteiger partial charge in [0.15, 0.2) is 0 Å². The zero-order valence-electron chi connectivity index (χ0n) is 31.4. The molecule has 56 heavy (non-hydrogen) atoms. The summed E-state index contributed by atoms with van der Waals surface area (Å²) >= 11 is 3.11. The number of hydrogen-bond donors (Lipinski definition) is 0. The Kier molecular flexibility index (Phi) is 9.05. The lowest BCUT2D eigenvalue weighted by atomic mass is 9.95. The molecule has 0 saturated heterocycles. The van der Waals surface area contributed by atoms with E-state index in [1.807, 2.05) is 60.7 Å². The molecule has 10 nitrogen and oxygen atoms in total. The Labute approximate surface area is 331 Å². The topological polar surface area (TPSA) is 119 Å². The highest BCUT2D eigenvalue weighted by molar-refractivity contribution is 7.19. The minimum absolute atomic E-state index is 0.0118. The molecule has 0 N–H and O–H groups in total. The Morgan fingerprint density at radius 2 is 0.839 bits per heavy atom. The quantitative estimate of drug-likeness (QED) is 0.162. The Hall–Kier alpha value is -6.24. The first-order valence-electron chi connectivity index (χ1n) is 17.9. The Bertz CT molecular complexity index is 2420. The monoisotopic (exact) mass is 780 g/mol. The zero-order valence-corrected chi connectivity index (χ0v) is 33.1. The summed E-state index contributed by atoms with van der Waals surface area (Å²) in [5, 5.41) is 0. The van der Waals surface area contributed by atoms with Crippen molar-refractivity contribution in [1.29, 1.82) is 0 Å². The van der Waals surface area contributed by atoms with Gasteiger partial charge in [0, 0.05) is 55.4 Å². The number of amides is 4. The van der Waals surface area contributed by atoms with Crippen molar-refractivity contribution in [1.82, 2.24) is 9.97 Å². The number of ether oxygens (including phenoxy) is 2. The van der Waals surface area contributed by atoms with E-state index in [4.69, 9.17) is 9.47 Å². The van der Waals surface area contributed by atoms with Gasteiger partial charge in [-0.1, -0.05) is 24.3 Å².